The van der Waals surface area contributed by atoms with Gasteiger partial charge in [-0.25, -0.2) is 14.3 Å². The van der Waals surface area contributed by atoms with Gasteiger partial charge in [0, 0.05) is 18.3 Å². The number of hydrogen-bond acceptors (Lipinski definition) is 3. The molecule has 0 aliphatic rings. The van der Waals surface area contributed by atoms with Gasteiger partial charge >= 0.3 is 6.09 Å². The van der Waals surface area contributed by atoms with E-state index in [1.54, 1.807) is 12.4 Å². The number of aryl methyl sites for hydroxylation is 4. The monoisotopic (exact) mass is 376 g/mol. The molecule has 0 radical (unpaired) electrons. The molecule has 0 spiro atoms. The van der Waals surface area contributed by atoms with E-state index in [1.165, 1.54) is 26.8 Å². The summed E-state index contributed by atoms with van der Waals surface area (Å²) >= 11 is 0. The molecular weight excluding hydrogens is 348 g/mol. The van der Waals surface area contributed by atoms with Crippen LogP contribution >= 0.6 is 0 Å². The number of hydrogen-bond donors (Lipinski definition) is 0. The Kier molecular flexibility index (Phi) is 5.68. The van der Waals surface area contributed by atoms with E-state index in [2.05, 4.69) is 70.8 Å². The summed E-state index contributed by atoms with van der Waals surface area (Å²) in [4.78, 5) is 17.2. The van der Waals surface area contributed by atoms with Crippen LogP contribution in [0, 0.1) is 34.6 Å². The third kappa shape index (κ3) is 3.86. The van der Waals surface area contributed by atoms with E-state index < -0.39 is 6.09 Å². The summed E-state index contributed by atoms with van der Waals surface area (Å²) < 4.78 is 7.16. The summed E-state index contributed by atoms with van der Waals surface area (Å²) in [5.41, 5.74) is 8.18. The van der Waals surface area contributed by atoms with Gasteiger partial charge in [-0.3, -0.25) is 0 Å². The van der Waals surface area contributed by atoms with Crippen molar-refractivity contribution in [2.24, 2.45) is 0 Å². The summed E-state index contributed by atoms with van der Waals surface area (Å²) in [6.45, 7) is 12.7. The van der Waals surface area contributed by atoms with Crippen LogP contribution in [0.15, 0.2) is 42.7 Å². The number of ether oxygens (including phenoxy) is 1. The summed E-state index contributed by atoms with van der Waals surface area (Å²) in [6, 6.07) is 10.5. The molecule has 0 fully saturated rings. The van der Waals surface area contributed by atoms with Crippen LogP contribution in [0.2, 0.25) is 0 Å². The van der Waals surface area contributed by atoms with Crippen LogP contribution in [-0.2, 0) is 11.3 Å². The van der Waals surface area contributed by atoms with Crippen LogP contribution in [0.25, 0.3) is 0 Å². The minimum Gasteiger partial charge on any atom is -0.444 e. The average molecular weight is 377 g/mol. The van der Waals surface area contributed by atoms with Crippen molar-refractivity contribution < 1.29 is 9.53 Å². The molecule has 1 atom stereocenters. The van der Waals surface area contributed by atoms with E-state index in [0.717, 1.165) is 16.7 Å². The minimum absolute atomic E-state index is 0.00898. The lowest BCUT2D eigenvalue weighted by atomic mass is 9.93. The Balaban J connectivity index is 1.82. The van der Waals surface area contributed by atoms with Crippen molar-refractivity contribution in [1.29, 1.82) is 0 Å². The van der Waals surface area contributed by atoms with Crippen molar-refractivity contribution in [1.82, 2.24) is 9.55 Å². The van der Waals surface area contributed by atoms with Crippen molar-refractivity contribution in [3.63, 3.8) is 0 Å². The zero-order chi connectivity index (χ0) is 20.4. The van der Waals surface area contributed by atoms with Crippen LogP contribution in [-0.4, -0.2) is 15.6 Å². The highest BCUT2D eigenvalue weighted by molar-refractivity contribution is 5.71. The van der Waals surface area contributed by atoms with Gasteiger partial charge in [0.1, 0.15) is 12.4 Å². The Morgan fingerprint density at radius 1 is 1.07 bits per heavy atom. The molecule has 0 amide bonds. The second-order valence-corrected chi connectivity index (χ2v) is 7.60. The van der Waals surface area contributed by atoms with Gasteiger partial charge in [-0.15, -0.1) is 0 Å². The number of benzene rings is 2. The fraction of sp³-hybridized carbons (Fsp3) is 0.333. The molecule has 3 rings (SSSR count). The van der Waals surface area contributed by atoms with Gasteiger partial charge in [-0.2, -0.15) is 0 Å². The number of carbonyl (C=O) groups excluding carboxylic acids is 1. The van der Waals surface area contributed by atoms with Crippen LogP contribution in [0.1, 0.15) is 57.6 Å². The standard InChI is InChI=1S/C24H28N2O2/c1-15-12-17(3)22(18(4)13-15)14-28-24(27)26-11-10-25-23(26)20(6)21-9-7-8-16(2)19(21)5/h7-13,20H,14H2,1-6H3/t20-/m0/s1. The molecule has 0 unspecified atom stereocenters. The molecule has 0 aliphatic carbocycles. The summed E-state index contributed by atoms with van der Waals surface area (Å²) in [6.07, 6.45) is 2.93. The van der Waals surface area contributed by atoms with Gasteiger partial charge in [-0.1, -0.05) is 42.8 Å². The topological polar surface area (TPSA) is 44.1 Å². The minimum atomic E-state index is -0.399. The number of aromatic nitrogens is 2. The lowest BCUT2D eigenvalue weighted by Crippen LogP contribution is -2.18. The van der Waals surface area contributed by atoms with E-state index in [1.807, 2.05) is 6.07 Å². The first-order valence-corrected chi connectivity index (χ1v) is 9.62. The molecule has 0 saturated heterocycles. The number of carbonyl (C=O) groups is 1. The second kappa shape index (κ2) is 8.01. The van der Waals surface area contributed by atoms with E-state index in [4.69, 9.17) is 4.74 Å². The Morgan fingerprint density at radius 2 is 1.75 bits per heavy atom. The largest absolute Gasteiger partial charge is 0.444 e. The summed E-state index contributed by atoms with van der Waals surface area (Å²) in [7, 11) is 0. The first-order chi connectivity index (χ1) is 13.3. The molecule has 3 aromatic rings. The molecule has 28 heavy (non-hydrogen) atoms. The number of rotatable bonds is 4. The lowest BCUT2D eigenvalue weighted by molar-refractivity contribution is 0.140. The van der Waals surface area contributed by atoms with Crippen molar-refractivity contribution in [2.75, 3.05) is 0 Å². The fourth-order valence-corrected chi connectivity index (χ4v) is 3.81. The zero-order valence-electron chi connectivity index (χ0n) is 17.5. The van der Waals surface area contributed by atoms with E-state index in [9.17, 15) is 4.79 Å². The van der Waals surface area contributed by atoms with E-state index >= 15 is 0 Å². The van der Waals surface area contributed by atoms with Gasteiger partial charge in [0.25, 0.3) is 0 Å². The first-order valence-electron chi connectivity index (χ1n) is 9.62. The summed E-state index contributed by atoms with van der Waals surface area (Å²) in [5, 5.41) is 0. The highest BCUT2D eigenvalue weighted by Crippen LogP contribution is 2.27. The maximum absolute atomic E-state index is 12.8. The van der Waals surface area contributed by atoms with Crippen molar-refractivity contribution >= 4 is 6.09 Å². The maximum atomic E-state index is 12.8. The van der Waals surface area contributed by atoms with Gasteiger partial charge in [0.2, 0.25) is 0 Å². The average Bonchev–Trinajstić information content (AvgIpc) is 3.12. The Labute approximate surface area is 167 Å². The molecule has 0 N–H and O–H groups in total. The van der Waals surface area contributed by atoms with E-state index in [0.29, 0.717) is 5.82 Å². The van der Waals surface area contributed by atoms with Gasteiger partial charge < -0.3 is 4.74 Å². The molecule has 2 aromatic carbocycles. The molecule has 146 valence electrons. The third-order valence-corrected chi connectivity index (χ3v) is 5.55. The molecule has 1 heterocycles. The van der Waals surface area contributed by atoms with Crippen molar-refractivity contribution in [3.8, 4) is 0 Å². The molecular formula is C24H28N2O2. The Hall–Kier alpha value is -2.88. The van der Waals surface area contributed by atoms with Gasteiger partial charge in [0.15, 0.2) is 0 Å². The summed E-state index contributed by atoms with van der Waals surface area (Å²) in [5.74, 6) is 0.682. The normalized spacial score (nSPS) is 12.1. The van der Waals surface area contributed by atoms with Crippen LogP contribution in [0.4, 0.5) is 4.79 Å². The predicted octanol–water partition coefficient (Wildman–Crippen LogP) is 5.76. The Bertz CT molecular complexity index is 994. The smallest absolute Gasteiger partial charge is 0.419 e. The maximum Gasteiger partial charge on any atom is 0.419 e. The molecule has 4 heteroatoms. The molecule has 1 aromatic heterocycles. The quantitative estimate of drug-likeness (QED) is 0.581. The zero-order valence-corrected chi connectivity index (χ0v) is 17.5. The number of imidazole rings is 1. The van der Waals surface area contributed by atoms with Crippen LogP contribution < -0.4 is 0 Å². The SMILES string of the molecule is Cc1cc(C)c(COC(=O)n2ccnc2[C@@H](C)c2cccc(C)c2C)c(C)c1. The highest BCUT2D eigenvalue weighted by Gasteiger charge is 2.21. The van der Waals surface area contributed by atoms with E-state index in [-0.39, 0.29) is 12.5 Å². The molecule has 4 nitrogen and oxygen atoms in total. The van der Waals surface area contributed by atoms with Gasteiger partial charge in [-0.05, 0) is 68.0 Å². The lowest BCUT2D eigenvalue weighted by Gasteiger charge is -2.17. The number of nitrogens with zero attached hydrogens (tertiary/aromatic N) is 2. The highest BCUT2D eigenvalue weighted by atomic mass is 16.5. The molecule has 0 aliphatic heterocycles. The van der Waals surface area contributed by atoms with Crippen molar-refractivity contribution in [3.05, 3.63) is 87.5 Å². The first kappa shape index (κ1) is 19.9. The fourth-order valence-electron chi connectivity index (χ4n) is 3.81. The predicted molar refractivity (Wildman–Crippen MR) is 112 cm³/mol. The molecule has 0 bridgehead atoms. The molecule has 0 saturated carbocycles. The van der Waals surface area contributed by atoms with Gasteiger partial charge in [0.05, 0.1) is 0 Å². The van der Waals surface area contributed by atoms with Crippen LogP contribution in [0.5, 0.6) is 0 Å². The third-order valence-electron chi connectivity index (χ3n) is 5.55. The Morgan fingerprint density at radius 3 is 2.43 bits per heavy atom. The van der Waals surface area contributed by atoms with Crippen LogP contribution in [0.3, 0.4) is 0 Å². The van der Waals surface area contributed by atoms with Crippen molar-refractivity contribution in [2.45, 2.75) is 54.1 Å². The second-order valence-electron chi connectivity index (χ2n) is 7.60.